The number of rotatable bonds is 5. The number of nitriles is 2. The molecule has 9 nitrogen and oxygen atoms in total. The molecule has 4 aromatic rings. The van der Waals surface area contributed by atoms with E-state index in [9.17, 15) is 9.65 Å². The quantitative estimate of drug-likeness (QED) is 0.295. The van der Waals surface area contributed by atoms with E-state index in [-0.39, 0.29) is 29.8 Å². The smallest absolute Gasteiger partial charge is 0.167 e. The van der Waals surface area contributed by atoms with Crippen LogP contribution >= 0.6 is 22.6 Å². The van der Waals surface area contributed by atoms with Gasteiger partial charge in [0.05, 0.1) is 36.0 Å². The zero-order chi connectivity index (χ0) is 22.9. The molecular weight excluding hydrogens is 536 g/mol. The number of nitrogens with zero attached hydrogens (tertiary/aromatic N) is 8. The zero-order valence-corrected chi connectivity index (χ0v) is 19.4. The van der Waals surface area contributed by atoms with Gasteiger partial charge in [-0.15, -0.1) is 0 Å². The molecule has 0 aromatic carbocycles. The molecule has 33 heavy (non-hydrogen) atoms. The maximum atomic E-state index is 14.6. The van der Waals surface area contributed by atoms with Crippen LogP contribution in [0.5, 0.6) is 0 Å². The van der Waals surface area contributed by atoms with Crippen LogP contribution in [0.2, 0.25) is 0 Å². The maximum absolute atomic E-state index is 14.6. The summed E-state index contributed by atoms with van der Waals surface area (Å²) in [6.07, 6.45) is 8.03. The SMILES string of the molecule is N#CC[C@@H]([C@H]1CCN(c2nc(I)c(C#N)cc2F)C1)n1cc(-c2ncnc3[nH]ccc23)cn1. The van der Waals surface area contributed by atoms with Crippen molar-refractivity contribution >= 4 is 39.4 Å². The highest BCUT2D eigenvalue weighted by Crippen LogP contribution is 2.35. The van der Waals surface area contributed by atoms with Gasteiger partial charge in [-0.25, -0.2) is 19.3 Å². The maximum Gasteiger partial charge on any atom is 0.167 e. The van der Waals surface area contributed by atoms with E-state index in [1.807, 2.05) is 56.7 Å². The third-order valence-corrected chi connectivity index (χ3v) is 6.79. The van der Waals surface area contributed by atoms with Crippen molar-refractivity contribution in [1.29, 1.82) is 10.5 Å². The second kappa shape index (κ2) is 8.75. The first-order valence-electron chi connectivity index (χ1n) is 10.3. The van der Waals surface area contributed by atoms with E-state index < -0.39 is 5.82 Å². The molecule has 0 unspecified atom stereocenters. The molecule has 0 aliphatic carbocycles. The van der Waals surface area contributed by atoms with Gasteiger partial charge in [-0.1, -0.05) is 0 Å². The summed E-state index contributed by atoms with van der Waals surface area (Å²) < 4.78 is 16.9. The van der Waals surface area contributed by atoms with Gasteiger partial charge in [0.2, 0.25) is 0 Å². The first kappa shape index (κ1) is 21.3. The molecule has 0 spiro atoms. The average molecular weight is 553 g/mol. The molecule has 1 saturated heterocycles. The van der Waals surface area contributed by atoms with Crippen LogP contribution in [0, 0.1) is 38.1 Å². The van der Waals surface area contributed by atoms with E-state index in [1.54, 1.807) is 6.20 Å². The first-order valence-corrected chi connectivity index (χ1v) is 11.4. The second-order valence-corrected chi connectivity index (χ2v) is 8.86. The largest absolute Gasteiger partial charge is 0.354 e. The van der Waals surface area contributed by atoms with Crippen LogP contribution in [0.1, 0.15) is 24.4 Å². The predicted octanol–water partition coefficient (Wildman–Crippen LogP) is 3.81. The lowest BCUT2D eigenvalue weighted by atomic mass is 9.96. The highest BCUT2D eigenvalue weighted by atomic mass is 127. The fourth-order valence-corrected chi connectivity index (χ4v) is 4.87. The van der Waals surface area contributed by atoms with Crippen molar-refractivity contribution in [2.24, 2.45) is 5.92 Å². The Labute approximate surface area is 202 Å². The fraction of sp³-hybridized carbons (Fsp3) is 0.273. The first-order chi connectivity index (χ1) is 16.1. The monoisotopic (exact) mass is 553 g/mol. The lowest BCUT2D eigenvalue weighted by Crippen LogP contribution is -2.26. The van der Waals surface area contributed by atoms with Gasteiger partial charge in [0.1, 0.15) is 21.7 Å². The summed E-state index contributed by atoms with van der Waals surface area (Å²) in [5.41, 5.74) is 2.59. The highest BCUT2D eigenvalue weighted by molar-refractivity contribution is 14.1. The number of hydrogen-bond acceptors (Lipinski definition) is 7. The Balaban J connectivity index is 1.41. The minimum absolute atomic E-state index is 0.0876. The topological polar surface area (TPSA) is 123 Å². The molecule has 5 heterocycles. The van der Waals surface area contributed by atoms with Crippen molar-refractivity contribution < 1.29 is 4.39 Å². The number of H-pyrrole nitrogens is 1. The van der Waals surface area contributed by atoms with E-state index in [1.165, 1.54) is 12.4 Å². The molecule has 1 aliphatic rings. The van der Waals surface area contributed by atoms with Gasteiger partial charge in [0, 0.05) is 42.4 Å². The molecule has 0 radical (unpaired) electrons. The Morgan fingerprint density at radius 3 is 3.03 bits per heavy atom. The van der Waals surface area contributed by atoms with Crippen LogP contribution in [0.3, 0.4) is 0 Å². The summed E-state index contributed by atoms with van der Waals surface area (Å²) in [6, 6.07) is 7.21. The third-order valence-electron chi connectivity index (χ3n) is 5.97. The summed E-state index contributed by atoms with van der Waals surface area (Å²) in [5.74, 6) is -0.178. The predicted molar refractivity (Wildman–Crippen MR) is 126 cm³/mol. The van der Waals surface area contributed by atoms with Crippen LogP contribution < -0.4 is 4.90 Å². The number of hydrogen-bond donors (Lipinski definition) is 1. The van der Waals surface area contributed by atoms with E-state index in [2.05, 4.69) is 31.1 Å². The van der Waals surface area contributed by atoms with Crippen LogP contribution in [0.4, 0.5) is 10.2 Å². The third kappa shape index (κ3) is 3.89. The summed E-state index contributed by atoms with van der Waals surface area (Å²) in [7, 11) is 0. The van der Waals surface area contributed by atoms with Crippen LogP contribution in [-0.2, 0) is 0 Å². The van der Waals surface area contributed by atoms with Crippen molar-refractivity contribution in [2.75, 3.05) is 18.0 Å². The van der Waals surface area contributed by atoms with Crippen LogP contribution in [0.25, 0.3) is 22.3 Å². The average Bonchev–Trinajstić information content (AvgIpc) is 3.59. The Morgan fingerprint density at radius 2 is 2.21 bits per heavy atom. The fourth-order valence-electron chi connectivity index (χ4n) is 4.37. The normalized spacial score (nSPS) is 16.6. The molecule has 164 valence electrons. The lowest BCUT2D eigenvalue weighted by molar-refractivity contribution is 0.331. The van der Waals surface area contributed by atoms with E-state index in [0.717, 1.165) is 28.7 Å². The van der Waals surface area contributed by atoms with Gasteiger partial charge in [-0.05, 0) is 41.1 Å². The molecule has 1 fully saturated rings. The number of aromatic nitrogens is 6. The van der Waals surface area contributed by atoms with Gasteiger partial charge in [-0.3, -0.25) is 4.68 Å². The van der Waals surface area contributed by atoms with E-state index in [0.29, 0.717) is 16.8 Å². The summed E-state index contributed by atoms with van der Waals surface area (Å²) in [6.45, 7) is 1.16. The standard InChI is InChI=1S/C22H17FIN9/c23-17-7-14(8-26)20(24)31-22(17)32-6-3-13(10-32)18(1-4-25)33-11-15(9-30-33)19-16-2-5-27-21(16)29-12-28-19/h2,5,7,9,11-13,18H,1,3,6,10H2,(H,27,28,29)/t13-,18-/m0/s1. The lowest BCUT2D eigenvalue weighted by Gasteiger charge is -2.23. The van der Waals surface area contributed by atoms with Gasteiger partial charge in [-0.2, -0.15) is 15.6 Å². The van der Waals surface area contributed by atoms with Crippen molar-refractivity contribution in [3.05, 3.63) is 52.1 Å². The molecule has 4 aromatic heterocycles. The Kier molecular flexibility index (Phi) is 5.64. The Bertz CT molecular complexity index is 1410. The molecule has 2 atom stereocenters. The van der Waals surface area contributed by atoms with Gasteiger partial charge >= 0.3 is 0 Å². The van der Waals surface area contributed by atoms with E-state index in [4.69, 9.17) is 5.26 Å². The molecular formula is C22H17FIN9. The summed E-state index contributed by atoms with van der Waals surface area (Å²) >= 11 is 1.95. The molecule has 1 N–H and O–H groups in total. The number of fused-ring (bicyclic) bond motifs is 1. The van der Waals surface area contributed by atoms with Gasteiger partial charge in [0.25, 0.3) is 0 Å². The molecule has 0 saturated carbocycles. The Hall–Kier alpha value is -3.58. The summed E-state index contributed by atoms with van der Waals surface area (Å²) in [5, 5.41) is 24.0. The van der Waals surface area contributed by atoms with E-state index >= 15 is 0 Å². The second-order valence-electron chi connectivity index (χ2n) is 7.84. The van der Waals surface area contributed by atoms with Crippen LogP contribution in [0.15, 0.2) is 37.1 Å². The van der Waals surface area contributed by atoms with Crippen LogP contribution in [-0.4, -0.2) is 42.8 Å². The van der Waals surface area contributed by atoms with Gasteiger partial charge in [0.15, 0.2) is 11.6 Å². The Morgan fingerprint density at radius 1 is 1.33 bits per heavy atom. The zero-order valence-electron chi connectivity index (χ0n) is 17.3. The number of pyridine rings is 1. The number of aromatic amines is 1. The molecule has 0 amide bonds. The molecule has 11 heteroatoms. The summed E-state index contributed by atoms with van der Waals surface area (Å²) in [4.78, 5) is 17.9. The molecule has 5 rings (SSSR count). The highest BCUT2D eigenvalue weighted by Gasteiger charge is 2.33. The van der Waals surface area contributed by atoms with Crippen molar-refractivity contribution in [1.82, 2.24) is 29.7 Å². The molecule has 1 aliphatic heterocycles. The molecule has 0 bridgehead atoms. The number of halogens is 2. The van der Waals surface area contributed by atoms with Gasteiger partial charge < -0.3 is 9.88 Å². The minimum Gasteiger partial charge on any atom is -0.354 e. The number of anilines is 1. The van der Waals surface area contributed by atoms with Crippen molar-refractivity contribution in [3.8, 4) is 23.4 Å². The van der Waals surface area contributed by atoms with Crippen molar-refractivity contribution in [2.45, 2.75) is 18.9 Å². The minimum atomic E-state index is -0.509. The number of nitrogens with one attached hydrogen (secondary N) is 1. The van der Waals surface area contributed by atoms with Crippen molar-refractivity contribution in [3.63, 3.8) is 0 Å².